The van der Waals surface area contributed by atoms with Gasteiger partial charge < -0.3 is 10.2 Å². The van der Waals surface area contributed by atoms with Gasteiger partial charge in [-0.3, -0.25) is 13.9 Å². The van der Waals surface area contributed by atoms with Crippen LogP contribution in [0.2, 0.25) is 0 Å². The van der Waals surface area contributed by atoms with Gasteiger partial charge in [0, 0.05) is 13.1 Å². The van der Waals surface area contributed by atoms with Crippen LogP contribution in [0, 0.1) is 25.6 Å². The summed E-state index contributed by atoms with van der Waals surface area (Å²) in [5.74, 6) is -1.08. The van der Waals surface area contributed by atoms with Crippen LogP contribution in [0.3, 0.4) is 0 Å². The van der Waals surface area contributed by atoms with Gasteiger partial charge in [0.15, 0.2) is 0 Å². The summed E-state index contributed by atoms with van der Waals surface area (Å²) in [4.78, 5) is 28.7. The van der Waals surface area contributed by atoms with Gasteiger partial charge in [0.25, 0.3) is 10.0 Å². The highest BCUT2D eigenvalue weighted by Gasteiger charge is 2.34. The molecule has 0 aliphatic heterocycles. The van der Waals surface area contributed by atoms with E-state index >= 15 is 0 Å². The molecule has 0 aliphatic carbocycles. The standard InChI is InChI=1S/C31H38FN3O4S/c1-6-28(31(37)33-19-22(2)3)34(20-25-13-15-26(32)16-14-25)30(36)21-35(29-17-12-23(4)18-24(29)5)40(38,39)27-10-8-7-9-11-27/h7-18,22,28H,6,19-21H2,1-5H3,(H,33,37)/t28-/m1/s1. The van der Waals surface area contributed by atoms with Crippen LogP contribution in [-0.4, -0.2) is 44.3 Å². The Morgan fingerprint density at radius 3 is 2.17 bits per heavy atom. The van der Waals surface area contributed by atoms with Gasteiger partial charge in [-0.1, -0.05) is 68.8 Å². The molecule has 0 fully saturated rings. The minimum absolute atomic E-state index is 0.0127. The number of amides is 2. The minimum atomic E-state index is -4.13. The average molecular weight is 568 g/mol. The first-order valence-electron chi connectivity index (χ1n) is 13.4. The van der Waals surface area contributed by atoms with Crippen molar-refractivity contribution in [3.8, 4) is 0 Å². The molecule has 9 heteroatoms. The molecule has 0 bridgehead atoms. The molecule has 0 heterocycles. The molecule has 0 saturated heterocycles. The molecule has 214 valence electrons. The number of hydrogen-bond acceptors (Lipinski definition) is 4. The van der Waals surface area contributed by atoms with Gasteiger partial charge in [-0.25, -0.2) is 12.8 Å². The zero-order valence-electron chi connectivity index (χ0n) is 23.7. The topological polar surface area (TPSA) is 86.8 Å². The molecular weight excluding hydrogens is 529 g/mol. The van der Waals surface area contributed by atoms with E-state index in [-0.39, 0.29) is 23.3 Å². The first-order chi connectivity index (χ1) is 18.9. The normalized spacial score (nSPS) is 12.2. The predicted molar refractivity (Wildman–Crippen MR) is 156 cm³/mol. The summed E-state index contributed by atoms with van der Waals surface area (Å²) in [7, 11) is -4.13. The Kier molecular flexibility index (Phi) is 10.5. The van der Waals surface area contributed by atoms with Crippen molar-refractivity contribution in [1.29, 1.82) is 0 Å². The number of rotatable bonds is 12. The van der Waals surface area contributed by atoms with Crippen molar-refractivity contribution in [2.24, 2.45) is 5.92 Å². The van der Waals surface area contributed by atoms with Crippen molar-refractivity contribution in [2.45, 2.75) is 58.5 Å². The number of hydrogen-bond donors (Lipinski definition) is 1. The van der Waals surface area contributed by atoms with Gasteiger partial charge in [0.2, 0.25) is 11.8 Å². The van der Waals surface area contributed by atoms with Crippen LogP contribution in [0.15, 0.2) is 77.7 Å². The van der Waals surface area contributed by atoms with Gasteiger partial charge in [-0.2, -0.15) is 0 Å². The fourth-order valence-corrected chi connectivity index (χ4v) is 5.95. The maximum absolute atomic E-state index is 14.1. The van der Waals surface area contributed by atoms with Crippen molar-refractivity contribution in [2.75, 3.05) is 17.4 Å². The molecule has 1 atom stereocenters. The van der Waals surface area contributed by atoms with Crippen LogP contribution >= 0.6 is 0 Å². The number of halogens is 1. The molecule has 7 nitrogen and oxygen atoms in total. The van der Waals surface area contributed by atoms with E-state index in [2.05, 4.69) is 5.32 Å². The third kappa shape index (κ3) is 7.69. The fourth-order valence-electron chi connectivity index (χ4n) is 4.45. The van der Waals surface area contributed by atoms with Gasteiger partial charge in [-0.05, 0) is 67.6 Å². The molecule has 1 N–H and O–H groups in total. The lowest BCUT2D eigenvalue weighted by Gasteiger charge is -2.33. The van der Waals surface area contributed by atoms with E-state index in [4.69, 9.17) is 0 Å². The van der Waals surface area contributed by atoms with E-state index in [1.54, 1.807) is 56.3 Å². The minimum Gasteiger partial charge on any atom is -0.354 e. The molecular formula is C31H38FN3O4S. The van der Waals surface area contributed by atoms with E-state index in [0.717, 1.165) is 9.87 Å². The zero-order valence-corrected chi connectivity index (χ0v) is 24.5. The lowest BCUT2D eigenvalue weighted by atomic mass is 10.1. The summed E-state index contributed by atoms with van der Waals surface area (Å²) in [6.07, 6.45) is 0.311. The number of carbonyl (C=O) groups is 2. The largest absolute Gasteiger partial charge is 0.354 e. The number of nitrogens with one attached hydrogen (secondary N) is 1. The summed E-state index contributed by atoms with van der Waals surface area (Å²) in [5.41, 5.74) is 2.64. The molecule has 0 aliphatic rings. The second kappa shape index (κ2) is 13.6. The molecule has 3 rings (SSSR count). The van der Waals surface area contributed by atoms with Crippen LogP contribution < -0.4 is 9.62 Å². The van der Waals surface area contributed by atoms with Crippen molar-refractivity contribution >= 4 is 27.5 Å². The molecule has 0 unspecified atom stereocenters. The quantitative estimate of drug-likeness (QED) is 0.325. The lowest BCUT2D eigenvalue weighted by Crippen LogP contribution is -2.52. The van der Waals surface area contributed by atoms with Crippen LogP contribution in [0.4, 0.5) is 10.1 Å². The van der Waals surface area contributed by atoms with Crippen LogP contribution in [0.25, 0.3) is 0 Å². The van der Waals surface area contributed by atoms with Gasteiger partial charge in [-0.15, -0.1) is 0 Å². The van der Waals surface area contributed by atoms with Crippen molar-refractivity contribution in [3.05, 3.63) is 95.3 Å². The van der Waals surface area contributed by atoms with E-state index < -0.39 is 34.3 Å². The molecule has 3 aromatic rings. The van der Waals surface area contributed by atoms with Crippen LogP contribution in [0.1, 0.15) is 43.9 Å². The predicted octanol–water partition coefficient (Wildman–Crippen LogP) is 5.22. The SMILES string of the molecule is CC[C@H](C(=O)NCC(C)C)N(Cc1ccc(F)cc1)C(=O)CN(c1ccc(C)cc1C)S(=O)(=O)c1ccccc1. The van der Waals surface area contributed by atoms with E-state index in [0.29, 0.717) is 29.8 Å². The summed E-state index contributed by atoms with van der Waals surface area (Å²) in [6, 6.07) is 18.1. The first-order valence-corrected chi connectivity index (χ1v) is 14.8. The molecule has 2 amide bonds. The second-order valence-electron chi connectivity index (χ2n) is 10.3. The average Bonchev–Trinajstić information content (AvgIpc) is 2.92. The third-order valence-electron chi connectivity index (χ3n) is 6.57. The number of benzene rings is 3. The van der Waals surface area contributed by atoms with E-state index in [9.17, 15) is 22.4 Å². The first kappa shape index (κ1) is 30.8. The second-order valence-corrected chi connectivity index (χ2v) is 12.2. The monoisotopic (exact) mass is 567 g/mol. The van der Waals surface area contributed by atoms with E-state index in [1.165, 1.54) is 29.2 Å². The Morgan fingerprint density at radius 1 is 0.950 bits per heavy atom. The van der Waals surface area contributed by atoms with Gasteiger partial charge in [0.05, 0.1) is 10.6 Å². The van der Waals surface area contributed by atoms with Crippen molar-refractivity contribution < 1.29 is 22.4 Å². The summed E-state index contributed by atoms with van der Waals surface area (Å²) in [6.45, 7) is 9.37. The summed E-state index contributed by atoms with van der Waals surface area (Å²) >= 11 is 0. The molecule has 0 spiro atoms. The smallest absolute Gasteiger partial charge is 0.264 e. The highest BCUT2D eigenvalue weighted by molar-refractivity contribution is 7.92. The molecule has 0 saturated carbocycles. The van der Waals surface area contributed by atoms with E-state index in [1.807, 2.05) is 26.8 Å². The lowest BCUT2D eigenvalue weighted by molar-refractivity contribution is -0.140. The third-order valence-corrected chi connectivity index (χ3v) is 8.34. The van der Waals surface area contributed by atoms with Crippen molar-refractivity contribution in [3.63, 3.8) is 0 Å². The molecule has 0 aromatic heterocycles. The highest BCUT2D eigenvalue weighted by atomic mass is 32.2. The summed E-state index contributed by atoms with van der Waals surface area (Å²) < 4.78 is 42.5. The van der Waals surface area contributed by atoms with Crippen LogP contribution in [0.5, 0.6) is 0 Å². The maximum Gasteiger partial charge on any atom is 0.264 e. The Labute approximate surface area is 237 Å². The number of anilines is 1. The van der Waals surface area contributed by atoms with Crippen LogP contribution in [-0.2, 0) is 26.2 Å². The Bertz CT molecular complexity index is 1410. The fraction of sp³-hybridized carbons (Fsp3) is 0.355. The Hall–Kier alpha value is -3.72. The molecule has 3 aromatic carbocycles. The number of nitrogens with zero attached hydrogens (tertiary/aromatic N) is 2. The number of aryl methyl sites for hydroxylation is 2. The molecule has 0 radical (unpaired) electrons. The Morgan fingerprint density at radius 2 is 1.60 bits per heavy atom. The summed E-state index contributed by atoms with van der Waals surface area (Å²) in [5, 5.41) is 2.90. The number of sulfonamides is 1. The Balaban J connectivity index is 2.06. The number of carbonyl (C=O) groups excluding carboxylic acids is 2. The highest BCUT2D eigenvalue weighted by Crippen LogP contribution is 2.28. The zero-order chi connectivity index (χ0) is 29.4. The molecule has 40 heavy (non-hydrogen) atoms. The maximum atomic E-state index is 14.1. The van der Waals surface area contributed by atoms with Crippen molar-refractivity contribution in [1.82, 2.24) is 10.2 Å². The van der Waals surface area contributed by atoms with Gasteiger partial charge >= 0.3 is 0 Å². The van der Waals surface area contributed by atoms with Gasteiger partial charge in [0.1, 0.15) is 18.4 Å².